The van der Waals surface area contributed by atoms with Crippen LogP contribution in [0.1, 0.15) is 99.8 Å². The van der Waals surface area contributed by atoms with E-state index in [9.17, 15) is 49.9 Å². The van der Waals surface area contributed by atoms with Crippen LogP contribution in [0, 0.1) is 32.8 Å². The van der Waals surface area contributed by atoms with E-state index in [1.54, 1.807) is 35.0 Å². The lowest BCUT2D eigenvalue weighted by molar-refractivity contribution is -0.114. The molecule has 2 atom stereocenters. The summed E-state index contributed by atoms with van der Waals surface area (Å²) in [4.78, 5) is 50.3. The molecule has 22 nitrogen and oxygen atoms in total. The lowest BCUT2D eigenvalue weighted by Gasteiger charge is -2.32. The van der Waals surface area contributed by atoms with Gasteiger partial charge in [-0.05, 0) is 205 Å². The Morgan fingerprint density at radius 3 is 1.57 bits per heavy atom. The summed E-state index contributed by atoms with van der Waals surface area (Å²) in [5, 5.41) is 18.2. The average Bonchev–Trinajstić information content (AvgIpc) is 1.75. The highest BCUT2D eigenvalue weighted by atomic mass is 127. The van der Waals surface area contributed by atoms with Crippen molar-refractivity contribution in [2.24, 2.45) is 0 Å². The largest absolute Gasteiger partial charge is 0.494 e. The molecule has 11 aromatic rings. The van der Waals surface area contributed by atoms with E-state index in [2.05, 4.69) is 96.0 Å². The van der Waals surface area contributed by atoms with Crippen molar-refractivity contribution in [1.82, 2.24) is 19.7 Å². The van der Waals surface area contributed by atoms with Gasteiger partial charge >= 0.3 is 14.2 Å². The van der Waals surface area contributed by atoms with Gasteiger partial charge in [0.1, 0.15) is 90.5 Å². The van der Waals surface area contributed by atoms with Crippen molar-refractivity contribution < 1.29 is 77.2 Å². The monoisotopic (exact) mass is 1770 g/mol. The van der Waals surface area contributed by atoms with Gasteiger partial charge in [0, 0.05) is 43.3 Å². The fourth-order valence-corrected chi connectivity index (χ4v) is 14.5. The molecule has 4 aromatic heterocycles. The van der Waals surface area contributed by atoms with E-state index in [0.29, 0.717) is 56.9 Å². The molecule has 4 aliphatic heterocycles. The summed E-state index contributed by atoms with van der Waals surface area (Å²) in [6.07, 6.45) is 1.54. The number of ether oxygens (including phenoxy) is 2. The van der Waals surface area contributed by atoms with Crippen molar-refractivity contribution in [2.75, 3.05) is 78.7 Å². The van der Waals surface area contributed by atoms with Crippen LogP contribution in [0.15, 0.2) is 175 Å². The predicted molar refractivity (Wildman–Crippen MR) is 440 cm³/mol. The van der Waals surface area contributed by atoms with Gasteiger partial charge < -0.3 is 57.1 Å². The number of anilines is 4. The molecule has 1 amide bonds. The summed E-state index contributed by atoms with van der Waals surface area (Å²) < 4.78 is 143. The smallest absolute Gasteiger partial charge is 0.458 e. The number of carbonyl (C=O) groups excluding carboxylic acids is 1. The lowest BCUT2D eigenvalue weighted by Crippen LogP contribution is -2.41. The molecule has 2 unspecified atom stereocenters. The molecule has 7 aromatic carbocycles. The van der Waals surface area contributed by atoms with Crippen molar-refractivity contribution in [1.29, 1.82) is 0 Å². The highest BCUT2D eigenvalue weighted by Gasteiger charge is 2.53. The van der Waals surface area contributed by atoms with Crippen molar-refractivity contribution >= 4 is 147 Å². The minimum Gasteiger partial charge on any atom is -0.458 e. The number of sulfonamides is 1. The van der Waals surface area contributed by atoms with Crippen LogP contribution in [-0.4, -0.2) is 135 Å². The first-order valence-electron chi connectivity index (χ1n) is 35.9. The highest BCUT2D eigenvalue weighted by molar-refractivity contribution is 14.1. The van der Waals surface area contributed by atoms with Crippen LogP contribution in [0.5, 0.6) is 0 Å². The van der Waals surface area contributed by atoms with Crippen LogP contribution < -0.4 is 41.6 Å². The Morgan fingerprint density at radius 1 is 0.611 bits per heavy atom. The molecule has 0 radical (unpaired) electrons. The van der Waals surface area contributed by atoms with E-state index in [-0.39, 0.29) is 74.5 Å². The predicted octanol–water partition coefficient (Wildman–Crippen LogP) is 15.1. The first kappa shape index (κ1) is 85.2. The highest BCUT2D eigenvalue weighted by Crippen LogP contribution is 2.41. The van der Waals surface area contributed by atoms with E-state index >= 15 is 0 Å². The molecular formula is C80H82B2BrClF5IN8O14S. The van der Waals surface area contributed by atoms with Crippen LogP contribution in [0.3, 0.4) is 0 Å². The number of hydrogen-bond acceptors (Lipinski definition) is 19. The first-order chi connectivity index (χ1) is 53.3. The van der Waals surface area contributed by atoms with Gasteiger partial charge in [-0.3, -0.25) is 19.1 Å². The van der Waals surface area contributed by atoms with Crippen molar-refractivity contribution in [3.63, 3.8) is 0 Å². The van der Waals surface area contributed by atoms with Crippen molar-refractivity contribution in [3.05, 3.63) is 226 Å². The summed E-state index contributed by atoms with van der Waals surface area (Å²) in [6, 6.07) is 35.8. The molecule has 0 bridgehead atoms. The topological polar surface area (TPSA) is 261 Å². The Bertz CT molecular complexity index is 5540. The third-order valence-electron chi connectivity index (χ3n) is 19.7. The van der Waals surface area contributed by atoms with Gasteiger partial charge in [-0.25, -0.2) is 45.0 Å². The molecule has 4 fully saturated rings. The van der Waals surface area contributed by atoms with Gasteiger partial charge in [-0.1, -0.05) is 82.1 Å². The summed E-state index contributed by atoms with van der Waals surface area (Å²) >= 11 is 11.7. The molecule has 0 spiro atoms. The number of hydrogen-bond donors (Lipinski definition) is 3. The molecule has 15 rings (SSSR count). The zero-order valence-electron chi connectivity index (χ0n) is 63.8. The molecule has 8 heterocycles. The Hall–Kier alpha value is -8.67. The number of nitrogens with one attached hydrogen (secondary N) is 2. The maximum absolute atomic E-state index is 14.7. The normalized spacial score (nSPS) is 16.7. The quantitative estimate of drug-likeness (QED) is 0.0583. The molecule has 3 N–H and O–H groups in total. The second kappa shape index (κ2) is 35.2. The van der Waals surface area contributed by atoms with Gasteiger partial charge in [0.2, 0.25) is 26.8 Å². The minimum atomic E-state index is -3.29. The summed E-state index contributed by atoms with van der Waals surface area (Å²) in [6.45, 7) is 26.6. The SMILES string of the molecule is CC(=O)Nc1ccc(Br)cc1F.CC(O)c1oc2cccc(F)c2c(=O)c1-c1ccc(F)cc1.CC(c1oc2cccc(F)c2c(=O)c1-c1ccc(F)cc1)n1nc(I)c2c(N3CCOCC3)ncnc21.CC1(C)OB(c2ccc(N3CCOCC3)c(Cl)c2)OC1(C)C.CC1(C)OB(c2cccc(NS(C)(=O)=O)c2)OC1(C)C. The second-order valence-corrected chi connectivity index (χ2v) is 33.0. The minimum absolute atomic E-state index is 0.0229. The number of benzene rings is 7. The van der Waals surface area contributed by atoms with Crippen LogP contribution in [0.25, 0.3) is 55.2 Å². The number of morpholine rings is 2. The molecule has 4 saturated heterocycles. The maximum atomic E-state index is 14.7. The van der Waals surface area contributed by atoms with E-state index in [0.717, 1.165) is 71.5 Å². The van der Waals surface area contributed by atoms with Crippen molar-refractivity contribution in [2.45, 2.75) is 111 Å². The number of fused-ring (bicyclic) bond motifs is 3. The standard InChI is InChI=1S/C26H20F2IN5O3.C17H12F2O3.C16H23BClNO3.C13H20BNO4S.C8H7BrFNO/c1-14(34-26-21(24(29)32-34)25(30-13-31-26)33-9-11-36-12-10-33)23-19(15-5-7-16(27)8-6-15)22(35)20-17(28)3-2-4-18(20)37-23;1-9(20)17-14(10-5-7-11(18)8-6-10)16(21)15-12(19)3-2-4-13(15)22-17;1-15(2)16(3,4)22-17(21-15)12-5-6-14(13(18)11-12)19-7-9-20-10-8-19;1-12(2)13(3,4)19-14(18-12)10-7-6-8-11(9-10)15-20(5,16)17;1-5(12)11-8-3-2-6(9)4-7(8)10/h2-8,13-14H,9-12H2,1H3;2-9,20H,1H3;5-6,11H,7-10H2,1-4H3;6-9,15H,1-5H3;2-4H,1H3,(H,11,12). The van der Waals surface area contributed by atoms with Gasteiger partial charge in [-0.2, -0.15) is 5.10 Å². The Balaban J connectivity index is 0.000000146. The van der Waals surface area contributed by atoms with E-state index in [4.69, 9.17) is 53.6 Å². The van der Waals surface area contributed by atoms with E-state index < -0.39 is 80.4 Å². The second-order valence-electron chi connectivity index (χ2n) is 29.0. The number of carbonyl (C=O) groups is 1. The third kappa shape index (κ3) is 19.7. The summed E-state index contributed by atoms with van der Waals surface area (Å²) in [7, 11) is -4.17. The molecule has 0 saturated carbocycles. The average molecular weight is 1770 g/mol. The van der Waals surface area contributed by atoms with E-state index in [1.807, 2.05) is 58.9 Å². The molecular weight excluding hydrogens is 1690 g/mol. The first-order valence-corrected chi connectivity index (χ1v) is 40.0. The molecule has 0 aliphatic carbocycles. The summed E-state index contributed by atoms with van der Waals surface area (Å²) in [5.74, 6) is -1.97. The number of halogens is 8. The molecule has 33 heteroatoms. The van der Waals surface area contributed by atoms with Crippen molar-refractivity contribution in [3.8, 4) is 22.3 Å². The Labute approximate surface area is 677 Å². The summed E-state index contributed by atoms with van der Waals surface area (Å²) in [5.41, 5.74) is 2.54. The zero-order chi connectivity index (χ0) is 81.8. The fourth-order valence-electron chi connectivity index (χ4n) is 12.5. The number of aliphatic hydroxyl groups is 1. The van der Waals surface area contributed by atoms with Gasteiger partial charge in [0.25, 0.3) is 0 Å². The van der Waals surface area contributed by atoms with Crippen LogP contribution in [0.2, 0.25) is 5.02 Å². The van der Waals surface area contributed by atoms with E-state index in [1.165, 1.54) is 105 Å². The van der Waals surface area contributed by atoms with Gasteiger partial charge in [0.15, 0.2) is 5.65 Å². The van der Waals surface area contributed by atoms with Crippen LogP contribution in [0.4, 0.5) is 44.8 Å². The zero-order valence-corrected chi connectivity index (χ0v) is 69.1. The number of rotatable bonds is 12. The molecule has 113 heavy (non-hydrogen) atoms. The molecule has 594 valence electrons. The fraction of sp³-hybridized carbons (Fsp3) is 0.325. The number of aromatic nitrogens is 4. The lowest BCUT2D eigenvalue weighted by atomic mass is 9.79. The number of nitrogens with zero attached hydrogens (tertiary/aromatic N) is 6. The maximum Gasteiger partial charge on any atom is 0.494 e. The number of amides is 1. The van der Waals surface area contributed by atoms with Gasteiger partial charge in [-0.15, -0.1) is 0 Å². The Kier molecular flexibility index (Phi) is 26.5. The Morgan fingerprint density at radius 2 is 1.09 bits per heavy atom. The van der Waals surface area contributed by atoms with Gasteiger partial charge in [0.05, 0.1) is 88.0 Å². The molecule has 4 aliphatic rings. The van der Waals surface area contributed by atoms with Crippen LogP contribution >= 0.6 is 50.1 Å². The number of aliphatic hydroxyl groups excluding tert-OH is 1. The third-order valence-corrected chi connectivity index (χ3v) is 21.9. The van der Waals surface area contributed by atoms with Crippen LogP contribution in [-0.2, 0) is 42.9 Å².